The Morgan fingerprint density at radius 1 is 0.806 bits per heavy atom. The van der Waals surface area contributed by atoms with Crippen LogP contribution in [0.15, 0.2) is 90.2 Å². The average molecular weight is 587 g/mol. The van der Waals surface area contributed by atoms with Gasteiger partial charge in [0.1, 0.15) is 11.5 Å². The molecule has 5 aromatic rings. The van der Waals surface area contributed by atoms with Crippen LogP contribution in [0, 0.1) is 0 Å². The van der Waals surface area contributed by atoms with Gasteiger partial charge in [0.05, 0.1) is 28.9 Å². The van der Waals surface area contributed by atoms with E-state index in [1.54, 1.807) is 24.5 Å². The van der Waals surface area contributed by atoms with Crippen molar-refractivity contribution in [1.29, 1.82) is 0 Å². The Kier molecular flexibility index (Phi) is 5.79. The maximum atomic E-state index is 10.3. The summed E-state index contributed by atoms with van der Waals surface area (Å²) >= 11 is 0. The van der Waals surface area contributed by atoms with Gasteiger partial charge in [0.25, 0.3) is 0 Å². The van der Waals surface area contributed by atoms with Crippen LogP contribution in [0.5, 0.6) is 11.5 Å². The molecule has 2 aromatic heterocycles. The fraction of sp³-hybridized carbons (Fsp3) is 0. The molecule has 5 rings (SSSR count). The van der Waals surface area contributed by atoms with Gasteiger partial charge in [-0.1, -0.05) is 48.5 Å². The predicted molar refractivity (Wildman–Crippen MR) is 120 cm³/mol. The van der Waals surface area contributed by atoms with Crippen LogP contribution in [0.2, 0.25) is 0 Å². The van der Waals surface area contributed by atoms with Gasteiger partial charge in [-0.3, -0.25) is 9.98 Å². The minimum absolute atomic E-state index is 0. The van der Waals surface area contributed by atoms with Gasteiger partial charge in [0.2, 0.25) is 0 Å². The fourth-order valence-electron chi connectivity index (χ4n) is 3.59. The Morgan fingerprint density at radius 3 is 2.42 bits per heavy atom. The molecule has 0 radical (unpaired) electrons. The second-order valence-corrected chi connectivity index (χ2v) is 6.92. The number of aliphatic imine (C=N–C) groups is 1. The van der Waals surface area contributed by atoms with E-state index < -0.39 is 0 Å². The first-order valence-electron chi connectivity index (χ1n) is 9.48. The number of fused-ring (bicyclic) bond motifs is 2. The largest absolute Gasteiger partial charge is 0.507 e. The summed E-state index contributed by atoms with van der Waals surface area (Å²) in [7, 11) is 0. The minimum Gasteiger partial charge on any atom is -0.507 e. The third kappa shape index (κ3) is 3.92. The molecule has 0 spiro atoms. The van der Waals surface area contributed by atoms with Crippen molar-refractivity contribution in [1.82, 2.24) is 9.97 Å². The second kappa shape index (κ2) is 8.66. The van der Waals surface area contributed by atoms with E-state index in [1.807, 2.05) is 60.7 Å². The standard InChI is InChI=1S/C25H17N3O2.Pt/c29-23-11-12-26-14-19(23)21-13-17-5-1-2-8-18(17)22(28-21)15-27-20-9-3-6-16-7-4-10-24(30)25(16)20;/h1-15,30H,(H,26,29);. The van der Waals surface area contributed by atoms with Crippen LogP contribution in [0.3, 0.4) is 0 Å². The smallest absolute Gasteiger partial charge is 0.128 e. The molecule has 0 saturated heterocycles. The Labute approximate surface area is 193 Å². The number of hydrogen-bond donors (Lipinski definition) is 2. The quantitative estimate of drug-likeness (QED) is 0.270. The zero-order chi connectivity index (χ0) is 20.5. The summed E-state index contributed by atoms with van der Waals surface area (Å²) in [5.74, 6) is 0.307. The van der Waals surface area contributed by atoms with Crippen molar-refractivity contribution in [3.05, 3.63) is 90.9 Å². The average Bonchev–Trinajstić information content (AvgIpc) is 2.77. The fourth-order valence-corrected chi connectivity index (χ4v) is 3.59. The molecular formula is C25H17N3O2Pt. The molecular weight excluding hydrogens is 569 g/mol. The third-order valence-corrected chi connectivity index (χ3v) is 5.03. The van der Waals surface area contributed by atoms with Crippen LogP contribution < -0.4 is 0 Å². The van der Waals surface area contributed by atoms with Crippen molar-refractivity contribution in [2.45, 2.75) is 0 Å². The van der Waals surface area contributed by atoms with Gasteiger partial charge in [-0.25, -0.2) is 4.98 Å². The summed E-state index contributed by atoms with van der Waals surface area (Å²) in [5, 5.41) is 24.1. The van der Waals surface area contributed by atoms with Crippen LogP contribution >= 0.6 is 0 Å². The molecule has 0 amide bonds. The summed E-state index contributed by atoms with van der Waals surface area (Å²) < 4.78 is 0. The molecule has 0 aliphatic heterocycles. The number of aromatic hydroxyl groups is 2. The maximum Gasteiger partial charge on any atom is 0.128 e. The Morgan fingerprint density at radius 2 is 1.58 bits per heavy atom. The van der Waals surface area contributed by atoms with Crippen LogP contribution in [0.25, 0.3) is 32.8 Å². The summed E-state index contributed by atoms with van der Waals surface area (Å²) in [6.07, 6.45) is 4.83. The number of phenols is 1. The van der Waals surface area contributed by atoms with E-state index >= 15 is 0 Å². The van der Waals surface area contributed by atoms with Crippen molar-refractivity contribution >= 4 is 33.4 Å². The summed E-state index contributed by atoms with van der Waals surface area (Å²) in [4.78, 5) is 13.5. The van der Waals surface area contributed by atoms with Gasteiger partial charge < -0.3 is 10.2 Å². The molecule has 0 fully saturated rings. The zero-order valence-corrected chi connectivity index (χ0v) is 18.5. The van der Waals surface area contributed by atoms with Gasteiger partial charge in [0.15, 0.2) is 0 Å². The van der Waals surface area contributed by atoms with Crippen molar-refractivity contribution < 1.29 is 31.3 Å². The molecule has 2 N–H and O–H groups in total. The maximum absolute atomic E-state index is 10.3. The number of benzene rings is 3. The Bertz CT molecular complexity index is 1430. The molecule has 31 heavy (non-hydrogen) atoms. The second-order valence-electron chi connectivity index (χ2n) is 6.92. The van der Waals surface area contributed by atoms with E-state index in [9.17, 15) is 10.2 Å². The molecule has 2 heterocycles. The number of hydrogen-bond acceptors (Lipinski definition) is 5. The third-order valence-electron chi connectivity index (χ3n) is 5.03. The van der Waals surface area contributed by atoms with E-state index in [2.05, 4.69) is 9.98 Å². The molecule has 0 unspecified atom stereocenters. The number of pyridine rings is 2. The van der Waals surface area contributed by atoms with Gasteiger partial charge in [-0.05, 0) is 35.0 Å². The minimum atomic E-state index is 0. The van der Waals surface area contributed by atoms with Gasteiger partial charge in [-0.15, -0.1) is 0 Å². The molecule has 5 nitrogen and oxygen atoms in total. The molecule has 0 bridgehead atoms. The van der Waals surface area contributed by atoms with E-state index in [1.165, 1.54) is 6.20 Å². The SMILES string of the molecule is Oc1ccncc1-c1cc2ccccc2c(C=Nc2cccc3cccc(O)c23)n1.[Pt]. The van der Waals surface area contributed by atoms with Crippen LogP contribution in [0.1, 0.15) is 5.69 Å². The van der Waals surface area contributed by atoms with Crippen molar-refractivity contribution in [3.8, 4) is 22.8 Å². The number of phenolic OH excluding ortho intramolecular Hbond substituents is 1. The van der Waals surface area contributed by atoms with Crippen LogP contribution in [-0.2, 0) is 21.1 Å². The first-order valence-corrected chi connectivity index (χ1v) is 9.48. The van der Waals surface area contributed by atoms with Gasteiger partial charge >= 0.3 is 0 Å². The van der Waals surface area contributed by atoms with E-state index in [0.717, 1.165) is 16.2 Å². The molecule has 0 aliphatic carbocycles. The Hall–Kier alpha value is -3.56. The van der Waals surface area contributed by atoms with Crippen LogP contribution in [0.4, 0.5) is 5.69 Å². The van der Waals surface area contributed by atoms with Crippen molar-refractivity contribution in [2.75, 3.05) is 0 Å². The number of nitrogens with zero attached hydrogens (tertiary/aromatic N) is 3. The predicted octanol–water partition coefficient (Wildman–Crippen LogP) is 5.61. The number of rotatable bonds is 3. The molecule has 0 atom stereocenters. The van der Waals surface area contributed by atoms with E-state index in [-0.39, 0.29) is 32.6 Å². The van der Waals surface area contributed by atoms with Crippen LogP contribution in [-0.4, -0.2) is 26.4 Å². The van der Waals surface area contributed by atoms with E-state index in [0.29, 0.717) is 28.0 Å². The molecule has 0 saturated carbocycles. The number of aromatic nitrogens is 2. The normalized spacial score (nSPS) is 11.1. The first kappa shape index (κ1) is 20.7. The zero-order valence-electron chi connectivity index (χ0n) is 16.2. The van der Waals surface area contributed by atoms with Crippen molar-refractivity contribution in [2.24, 2.45) is 4.99 Å². The summed E-state index contributed by atoms with van der Waals surface area (Å²) in [6.45, 7) is 0. The van der Waals surface area contributed by atoms with Gasteiger partial charge in [0, 0.05) is 44.2 Å². The summed E-state index contributed by atoms with van der Waals surface area (Å²) in [6, 6.07) is 22.5. The summed E-state index contributed by atoms with van der Waals surface area (Å²) in [5.41, 5.74) is 2.49. The van der Waals surface area contributed by atoms with Gasteiger partial charge in [-0.2, -0.15) is 0 Å². The molecule has 154 valence electrons. The monoisotopic (exact) mass is 586 g/mol. The van der Waals surface area contributed by atoms with E-state index in [4.69, 9.17) is 4.98 Å². The molecule has 6 heteroatoms. The van der Waals surface area contributed by atoms with Crippen molar-refractivity contribution in [3.63, 3.8) is 0 Å². The topological polar surface area (TPSA) is 78.6 Å². The first-order chi connectivity index (χ1) is 14.7. The molecule has 0 aliphatic rings. The Balaban J connectivity index is 0.00000231. The molecule has 3 aromatic carbocycles.